The Morgan fingerprint density at radius 1 is 0.756 bits per heavy atom. The molecule has 0 radical (unpaired) electrons. The predicted molar refractivity (Wildman–Crippen MR) is 165 cm³/mol. The molecule has 2 fully saturated rings. The Balaban J connectivity index is 1.64. The highest BCUT2D eigenvalue weighted by Gasteiger charge is 2.33. The maximum atomic E-state index is 13.9. The van der Waals surface area contributed by atoms with Crippen LogP contribution in [0.25, 0.3) is 0 Å². The quantitative estimate of drug-likeness (QED) is 0.503. The van der Waals surface area contributed by atoms with Crippen molar-refractivity contribution in [2.75, 3.05) is 39.3 Å². The van der Waals surface area contributed by atoms with Crippen molar-refractivity contribution in [3.8, 4) is 0 Å². The summed E-state index contributed by atoms with van der Waals surface area (Å²) >= 11 is 0. The van der Waals surface area contributed by atoms with Crippen LogP contribution in [0.2, 0.25) is 0 Å². The van der Waals surface area contributed by atoms with Crippen LogP contribution in [0.3, 0.4) is 0 Å². The van der Waals surface area contributed by atoms with Crippen molar-refractivity contribution >= 4 is 20.0 Å². The second kappa shape index (κ2) is 14.0. The fourth-order valence-electron chi connectivity index (χ4n) is 6.18. The highest BCUT2D eigenvalue weighted by molar-refractivity contribution is 7.89. The van der Waals surface area contributed by atoms with Gasteiger partial charge in [-0.05, 0) is 63.5 Å². The van der Waals surface area contributed by atoms with E-state index >= 15 is 0 Å². The highest BCUT2D eigenvalue weighted by atomic mass is 32.2. The number of aryl methyl sites for hydroxylation is 2. The fraction of sp³-hybridized carbons (Fsp3) is 0.562. The van der Waals surface area contributed by atoms with Gasteiger partial charge in [-0.3, -0.25) is 0 Å². The Kier molecular flexibility index (Phi) is 10.9. The summed E-state index contributed by atoms with van der Waals surface area (Å²) in [5.41, 5.74) is 2.55. The van der Waals surface area contributed by atoms with Crippen LogP contribution in [-0.2, 0) is 20.0 Å². The standard InChI is InChI=1S/C32H47N3O4S2/c1-26-11-15-31(16-12-26)40(36,37)34-21-8-20-33(25-30-9-6-5-7-10-30)22-19-29(4)35(24-28(3)23-34)41(38,39)32-17-13-27(2)14-18-32/h11-18,29-30H,3,5-10,19-25H2,1-2,4H3/p+1. The minimum atomic E-state index is -3.81. The van der Waals surface area contributed by atoms with E-state index in [2.05, 4.69) is 6.58 Å². The predicted octanol–water partition coefficient (Wildman–Crippen LogP) is 4.19. The van der Waals surface area contributed by atoms with E-state index in [9.17, 15) is 16.8 Å². The van der Waals surface area contributed by atoms with Gasteiger partial charge in [-0.2, -0.15) is 8.61 Å². The van der Waals surface area contributed by atoms with Gasteiger partial charge < -0.3 is 4.90 Å². The van der Waals surface area contributed by atoms with Crippen molar-refractivity contribution in [3.05, 3.63) is 71.8 Å². The lowest BCUT2D eigenvalue weighted by Crippen LogP contribution is -3.13. The van der Waals surface area contributed by atoms with Crippen LogP contribution in [0, 0.1) is 19.8 Å². The largest absolute Gasteiger partial charge is 0.335 e. The van der Waals surface area contributed by atoms with E-state index in [1.54, 1.807) is 24.3 Å². The molecule has 0 aromatic heterocycles. The van der Waals surface area contributed by atoms with E-state index in [4.69, 9.17) is 0 Å². The second-order valence-corrected chi connectivity index (χ2v) is 16.0. The molecule has 9 heteroatoms. The summed E-state index contributed by atoms with van der Waals surface area (Å²) in [7, 11) is -7.58. The van der Waals surface area contributed by atoms with Crippen molar-refractivity contribution in [2.45, 2.75) is 81.5 Å². The lowest BCUT2D eigenvalue weighted by Gasteiger charge is -2.34. The Hall–Kier alpha value is -2.04. The van der Waals surface area contributed by atoms with E-state index in [1.165, 1.54) is 45.6 Å². The molecule has 0 spiro atoms. The smallest absolute Gasteiger partial charge is 0.243 e. The third-order valence-corrected chi connectivity index (χ3v) is 12.5. The molecule has 1 aliphatic carbocycles. The van der Waals surface area contributed by atoms with Gasteiger partial charge in [0.15, 0.2) is 0 Å². The minimum Gasteiger partial charge on any atom is -0.335 e. The molecule has 1 saturated heterocycles. The number of sulfonamides is 2. The second-order valence-electron chi connectivity index (χ2n) is 12.2. The zero-order chi connectivity index (χ0) is 29.6. The number of hydrogen-bond donors (Lipinski definition) is 1. The molecule has 1 aliphatic heterocycles. The zero-order valence-electron chi connectivity index (χ0n) is 25.0. The van der Waals surface area contributed by atoms with Crippen LogP contribution in [-0.4, -0.2) is 70.8 Å². The molecular weight excluding hydrogens is 555 g/mol. The van der Waals surface area contributed by atoms with E-state index in [-0.39, 0.29) is 28.9 Å². The Bertz CT molecular complexity index is 1370. The van der Waals surface area contributed by atoms with Crippen LogP contribution in [0.4, 0.5) is 0 Å². The molecule has 1 saturated carbocycles. The molecule has 2 aromatic rings. The van der Waals surface area contributed by atoms with Crippen molar-refractivity contribution < 1.29 is 21.7 Å². The number of benzene rings is 2. The molecular formula is C32H48N3O4S2+. The first-order valence-electron chi connectivity index (χ1n) is 15.1. The molecule has 0 bridgehead atoms. The van der Waals surface area contributed by atoms with Gasteiger partial charge in [-0.15, -0.1) is 0 Å². The topological polar surface area (TPSA) is 79.2 Å². The maximum Gasteiger partial charge on any atom is 0.243 e. The summed E-state index contributed by atoms with van der Waals surface area (Å²) in [6.45, 7) is 13.4. The Morgan fingerprint density at radius 2 is 1.32 bits per heavy atom. The number of hydrogen-bond acceptors (Lipinski definition) is 4. The lowest BCUT2D eigenvalue weighted by molar-refractivity contribution is -0.904. The molecule has 2 aliphatic rings. The Morgan fingerprint density at radius 3 is 1.90 bits per heavy atom. The summed E-state index contributed by atoms with van der Waals surface area (Å²) in [6, 6.07) is 13.6. The summed E-state index contributed by atoms with van der Waals surface area (Å²) < 4.78 is 58.5. The van der Waals surface area contributed by atoms with Crippen LogP contribution >= 0.6 is 0 Å². The summed E-state index contributed by atoms with van der Waals surface area (Å²) in [4.78, 5) is 1.96. The molecule has 1 N–H and O–H groups in total. The lowest BCUT2D eigenvalue weighted by atomic mass is 9.89. The van der Waals surface area contributed by atoms with E-state index in [1.807, 2.05) is 45.0 Å². The Labute approximate surface area is 248 Å². The van der Waals surface area contributed by atoms with Crippen LogP contribution in [0.1, 0.15) is 63.0 Å². The number of quaternary nitrogens is 1. The van der Waals surface area contributed by atoms with Crippen LogP contribution in [0.15, 0.2) is 70.5 Å². The molecule has 226 valence electrons. The molecule has 7 nitrogen and oxygen atoms in total. The van der Waals surface area contributed by atoms with Gasteiger partial charge in [-0.25, -0.2) is 16.8 Å². The first kappa shape index (κ1) is 31.9. The average molecular weight is 603 g/mol. The molecule has 4 rings (SSSR count). The summed E-state index contributed by atoms with van der Waals surface area (Å²) in [5.74, 6) is 0.682. The normalized spacial score (nSPS) is 23.5. The zero-order valence-corrected chi connectivity index (χ0v) is 26.6. The number of nitrogens with zero attached hydrogens (tertiary/aromatic N) is 2. The van der Waals surface area contributed by atoms with Crippen molar-refractivity contribution in [1.82, 2.24) is 8.61 Å². The van der Waals surface area contributed by atoms with E-state index in [0.717, 1.165) is 43.6 Å². The number of rotatable bonds is 6. The summed E-state index contributed by atoms with van der Waals surface area (Å²) in [6.07, 6.45) is 7.86. The third-order valence-electron chi connectivity index (χ3n) is 8.71. The van der Waals surface area contributed by atoms with Gasteiger partial charge in [0.1, 0.15) is 0 Å². The number of nitrogens with one attached hydrogen (secondary N) is 1. The third kappa shape index (κ3) is 8.29. The molecule has 41 heavy (non-hydrogen) atoms. The van der Waals surface area contributed by atoms with Crippen molar-refractivity contribution in [3.63, 3.8) is 0 Å². The highest BCUT2D eigenvalue weighted by Crippen LogP contribution is 2.25. The van der Waals surface area contributed by atoms with E-state index < -0.39 is 20.0 Å². The first-order valence-corrected chi connectivity index (χ1v) is 18.0. The molecule has 0 amide bonds. The molecule has 2 aromatic carbocycles. The van der Waals surface area contributed by atoms with Gasteiger partial charge in [0.05, 0.1) is 29.4 Å². The fourth-order valence-corrected chi connectivity index (χ4v) is 9.36. The van der Waals surface area contributed by atoms with Crippen molar-refractivity contribution in [2.24, 2.45) is 5.92 Å². The summed E-state index contributed by atoms with van der Waals surface area (Å²) in [5, 5.41) is 0. The van der Waals surface area contributed by atoms with Gasteiger partial charge in [0.2, 0.25) is 20.0 Å². The monoisotopic (exact) mass is 602 g/mol. The maximum absolute atomic E-state index is 13.9. The first-order chi connectivity index (χ1) is 19.5. The minimum absolute atomic E-state index is 0.0786. The molecule has 2 unspecified atom stereocenters. The van der Waals surface area contributed by atoms with Gasteiger partial charge >= 0.3 is 0 Å². The van der Waals surface area contributed by atoms with Gasteiger partial charge in [0.25, 0.3) is 0 Å². The molecule has 2 atom stereocenters. The SMILES string of the molecule is C=C1CN(S(=O)(=O)c2ccc(C)cc2)CCC[NH+](CC2CCCCC2)CCC(C)N(S(=O)(=O)c2ccc(C)cc2)C1. The van der Waals surface area contributed by atoms with Gasteiger partial charge in [0, 0.05) is 44.4 Å². The van der Waals surface area contributed by atoms with Crippen LogP contribution < -0.4 is 4.90 Å². The van der Waals surface area contributed by atoms with Gasteiger partial charge in [-0.1, -0.05) is 61.2 Å². The average Bonchev–Trinajstić information content (AvgIpc) is 2.94. The molecule has 1 heterocycles. The van der Waals surface area contributed by atoms with E-state index in [0.29, 0.717) is 18.0 Å². The van der Waals surface area contributed by atoms with Crippen LogP contribution in [0.5, 0.6) is 0 Å². The van der Waals surface area contributed by atoms with Crippen molar-refractivity contribution in [1.29, 1.82) is 0 Å².